The molecule has 5 rings (SSSR count). The Bertz CT molecular complexity index is 1150. The molecule has 3 aromatic carbocycles. The quantitative estimate of drug-likeness (QED) is 0.694. The average Bonchev–Trinajstić information content (AvgIpc) is 2.74. The molecule has 1 fully saturated rings. The van der Waals surface area contributed by atoms with Gasteiger partial charge in [0.2, 0.25) is 11.8 Å². The summed E-state index contributed by atoms with van der Waals surface area (Å²) in [6, 6.07) is 18.5. The predicted molar refractivity (Wildman–Crippen MR) is 109 cm³/mol. The molecule has 0 aliphatic carbocycles. The average molecular weight is 405 g/mol. The first kappa shape index (κ1) is 18.3. The minimum atomic E-state index is -0.952. The monoisotopic (exact) mass is 405 g/mol. The molecular formula is C23H17F2N3O2. The summed E-state index contributed by atoms with van der Waals surface area (Å²) >= 11 is 0. The molecular weight excluding hydrogens is 388 g/mol. The van der Waals surface area contributed by atoms with Gasteiger partial charge in [0.1, 0.15) is 23.8 Å². The van der Waals surface area contributed by atoms with Crippen molar-refractivity contribution in [2.45, 2.75) is 18.6 Å². The number of amides is 2. The molecule has 1 N–H and O–H groups in total. The van der Waals surface area contributed by atoms with E-state index in [2.05, 4.69) is 5.32 Å². The van der Waals surface area contributed by atoms with Gasteiger partial charge in [-0.05, 0) is 36.4 Å². The van der Waals surface area contributed by atoms with E-state index in [1.54, 1.807) is 41.3 Å². The molecule has 2 amide bonds. The van der Waals surface area contributed by atoms with Gasteiger partial charge in [-0.25, -0.2) is 8.78 Å². The minimum Gasteiger partial charge on any atom is -0.332 e. The molecule has 2 aliphatic rings. The van der Waals surface area contributed by atoms with Gasteiger partial charge in [-0.2, -0.15) is 0 Å². The highest BCUT2D eigenvalue weighted by Gasteiger charge is 2.48. The van der Waals surface area contributed by atoms with Gasteiger partial charge in [-0.3, -0.25) is 14.5 Å². The van der Waals surface area contributed by atoms with Crippen LogP contribution in [0.1, 0.15) is 18.2 Å². The lowest BCUT2D eigenvalue weighted by molar-refractivity contribution is -0.126. The zero-order chi connectivity index (χ0) is 20.8. The van der Waals surface area contributed by atoms with Crippen LogP contribution < -0.4 is 15.1 Å². The largest absolute Gasteiger partial charge is 0.332 e. The number of para-hydroxylation sites is 3. The summed E-state index contributed by atoms with van der Waals surface area (Å²) < 4.78 is 28.6. The molecule has 0 radical (unpaired) electrons. The highest BCUT2D eigenvalue weighted by Crippen LogP contribution is 2.45. The number of anilines is 3. The molecule has 2 aliphatic heterocycles. The number of hydrogen-bond donors (Lipinski definition) is 1. The van der Waals surface area contributed by atoms with Crippen molar-refractivity contribution < 1.29 is 18.4 Å². The van der Waals surface area contributed by atoms with Crippen molar-refractivity contribution >= 4 is 28.9 Å². The van der Waals surface area contributed by atoms with E-state index in [1.165, 1.54) is 11.0 Å². The predicted octanol–water partition coefficient (Wildman–Crippen LogP) is 4.23. The Hall–Kier alpha value is -3.74. The molecule has 0 aromatic heterocycles. The molecule has 0 bridgehead atoms. The smallest absolute Gasteiger partial charge is 0.247 e. The molecule has 0 spiro atoms. The van der Waals surface area contributed by atoms with Crippen LogP contribution in [-0.4, -0.2) is 17.9 Å². The van der Waals surface area contributed by atoms with Crippen molar-refractivity contribution in [2.24, 2.45) is 0 Å². The zero-order valence-corrected chi connectivity index (χ0v) is 15.8. The Balaban J connectivity index is 1.76. The Morgan fingerprint density at radius 2 is 1.63 bits per heavy atom. The molecule has 2 atom stereocenters. The third kappa shape index (κ3) is 2.82. The molecule has 0 saturated carbocycles. The number of halogens is 2. The standard InChI is InChI=1S/C23H17F2N3O2/c24-14-10-11-16(17(25)12-14)23-27(15-6-2-1-3-7-15)21(29)13-20-22(30)26-18-8-4-5-9-19(18)28(20)23/h1-12,20,23H,13H2,(H,26,30)/t20-,23+/m0/s1. The van der Waals surface area contributed by atoms with Gasteiger partial charge in [0.15, 0.2) is 0 Å². The van der Waals surface area contributed by atoms with Gasteiger partial charge in [0.25, 0.3) is 0 Å². The van der Waals surface area contributed by atoms with Crippen LogP contribution in [0.15, 0.2) is 72.8 Å². The number of hydrogen-bond acceptors (Lipinski definition) is 3. The summed E-state index contributed by atoms with van der Waals surface area (Å²) in [7, 11) is 0. The van der Waals surface area contributed by atoms with Crippen LogP contribution in [0.2, 0.25) is 0 Å². The van der Waals surface area contributed by atoms with Crippen LogP contribution >= 0.6 is 0 Å². The normalized spacial score (nSPS) is 20.5. The van der Waals surface area contributed by atoms with E-state index >= 15 is 0 Å². The maximum atomic E-state index is 15.0. The van der Waals surface area contributed by atoms with Gasteiger partial charge in [0, 0.05) is 17.3 Å². The summed E-state index contributed by atoms with van der Waals surface area (Å²) in [6.45, 7) is 0. The van der Waals surface area contributed by atoms with Gasteiger partial charge in [0.05, 0.1) is 17.8 Å². The molecule has 2 heterocycles. The summed E-state index contributed by atoms with van der Waals surface area (Å²) in [6.07, 6.45) is -1.01. The molecule has 0 unspecified atom stereocenters. The van der Waals surface area contributed by atoms with Gasteiger partial charge < -0.3 is 10.2 Å². The number of nitrogens with zero attached hydrogens (tertiary/aromatic N) is 2. The third-order valence-corrected chi connectivity index (χ3v) is 5.50. The van der Waals surface area contributed by atoms with Crippen molar-refractivity contribution in [3.63, 3.8) is 0 Å². The Morgan fingerprint density at radius 1 is 0.900 bits per heavy atom. The first-order chi connectivity index (χ1) is 14.5. The van der Waals surface area contributed by atoms with Crippen LogP contribution in [-0.2, 0) is 9.59 Å². The fourth-order valence-corrected chi connectivity index (χ4v) is 4.21. The maximum Gasteiger partial charge on any atom is 0.247 e. The number of carbonyl (C=O) groups is 2. The second kappa shape index (κ2) is 6.95. The second-order valence-electron chi connectivity index (χ2n) is 7.27. The van der Waals surface area contributed by atoms with E-state index in [1.807, 2.05) is 18.2 Å². The second-order valence-corrected chi connectivity index (χ2v) is 7.27. The lowest BCUT2D eigenvalue weighted by atomic mass is 9.95. The van der Waals surface area contributed by atoms with Crippen molar-refractivity contribution in [1.29, 1.82) is 0 Å². The number of benzene rings is 3. The van der Waals surface area contributed by atoms with E-state index in [-0.39, 0.29) is 23.8 Å². The minimum absolute atomic E-state index is 0.0611. The van der Waals surface area contributed by atoms with Crippen molar-refractivity contribution in [2.75, 3.05) is 15.1 Å². The summed E-state index contributed by atoms with van der Waals surface area (Å²) in [5, 5.41) is 2.82. The lowest BCUT2D eigenvalue weighted by Crippen LogP contribution is -2.61. The van der Waals surface area contributed by atoms with Crippen LogP contribution in [0.3, 0.4) is 0 Å². The molecule has 5 nitrogen and oxygen atoms in total. The van der Waals surface area contributed by atoms with E-state index in [0.29, 0.717) is 17.1 Å². The van der Waals surface area contributed by atoms with Crippen molar-refractivity contribution in [3.8, 4) is 0 Å². The molecule has 30 heavy (non-hydrogen) atoms. The molecule has 1 saturated heterocycles. The van der Waals surface area contributed by atoms with Crippen LogP contribution in [0, 0.1) is 11.6 Å². The summed E-state index contributed by atoms with van der Waals surface area (Å²) in [5.41, 5.74) is 1.93. The van der Waals surface area contributed by atoms with Gasteiger partial charge in [-0.1, -0.05) is 30.3 Å². The van der Waals surface area contributed by atoms with E-state index in [9.17, 15) is 18.4 Å². The molecule has 7 heteroatoms. The van der Waals surface area contributed by atoms with E-state index in [0.717, 1.165) is 12.1 Å². The fraction of sp³-hybridized carbons (Fsp3) is 0.130. The number of rotatable bonds is 2. The number of carbonyl (C=O) groups excluding carboxylic acids is 2. The van der Waals surface area contributed by atoms with E-state index in [4.69, 9.17) is 0 Å². The Morgan fingerprint density at radius 3 is 2.40 bits per heavy atom. The third-order valence-electron chi connectivity index (χ3n) is 5.50. The highest BCUT2D eigenvalue weighted by molar-refractivity contribution is 6.09. The fourth-order valence-electron chi connectivity index (χ4n) is 4.21. The van der Waals surface area contributed by atoms with Gasteiger partial charge in [-0.15, -0.1) is 0 Å². The molecule has 150 valence electrons. The Labute approximate surface area is 171 Å². The van der Waals surface area contributed by atoms with Crippen LogP contribution in [0.4, 0.5) is 25.8 Å². The van der Waals surface area contributed by atoms with Crippen molar-refractivity contribution in [3.05, 3.63) is 90.0 Å². The first-order valence-corrected chi connectivity index (χ1v) is 9.55. The number of nitrogens with one attached hydrogen (secondary N) is 1. The lowest BCUT2D eigenvalue weighted by Gasteiger charge is -2.50. The maximum absolute atomic E-state index is 15.0. The van der Waals surface area contributed by atoms with Crippen LogP contribution in [0.25, 0.3) is 0 Å². The van der Waals surface area contributed by atoms with Crippen LogP contribution in [0.5, 0.6) is 0 Å². The number of fused-ring (bicyclic) bond motifs is 3. The summed E-state index contributed by atoms with van der Waals surface area (Å²) in [4.78, 5) is 29.2. The van der Waals surface area contributed by atoms with E-state index < -0.39 is 23.8 Å². The topological polar surface area (TPSA) is 52.7 Å². The highest BCUT2D eigenvalue weighted by atomic mass is 19.1. The first-order valence-electron chi connectivity index (χ1n) is 9.55. The van der Waals surface area contributed by atoms with Crippen molar-refractivity contribution in [1.82, 2.24) is 0 Å². The summed E-state index contributed by atoms with van der Waals surface area (Å²) in [5.74, 6) is -2.14. The SMILES string of the molecule is O=C1Nc2ccccc2N2[C@H](c3ccc(F)cc3F)N(c3ccccc3)C(=O)C[C@@H]12. The molecule has 3 aromatic rings. The Kier molecular flexibility index (Phi) is 4.24. The zero-order valence-electron chi connectivity index (χ0n) is 15.8. The van der Waals surface area contributed by atoms with Gasteiger partial charge >= 0.3 is 0 Å².